The number of benzene rings is 1. The smallest absolute Gasteiger partial charge is 0.255 e. The van der Waals surface area contributed by atoms with Crippen molar-refractivity contribution in [1.82, 2.24) is 9.88 Å². The predicted octanol–water partition coefficient (Wildman–Crippen LogP) is 3.52. The van der Waals surface area contributed by atoms with Gasteiger partial charge in [0.1, 0.15) is 5.82 Å². The van der Waals surface area contributed by atoms with Gasteiger partial charge in [0, 0.05) is 35.9 Å². The number of nitrogens with zero attached hydrogens (tertiary/aromatic N) is 2. The summed E-state index contributed by atoms with van der Waals surface area (Å²) in [5.74, 6) is 0.721. The second-order valence-corrected chi connectivity index (χ2v) is 6.59. The predicted molar refractivity (Wildman–Crippen MR) is 99.6 cm³/mol. The van der Waals surface area contributed by atoms with E-state index in [1.165, 1.54) is 0 Å². The number of carbonyl (C=O) groups is 1. The molecule has 25 heavy (non-hydrogen) atoms. The Hall–Kier alpha value is -1.82. The molecule has 2 heterocycles. The number of amides is 1. The van der Waals surface area contributed by atoms with Crippen molar-refractivity contribution in [1.29, 1.82) is 0 Å². The van der Waals surface area contributed by atoms with Crippen LogP contribution in [-0.4, -0.2) is 48.6 Å². The van der Waals surface area contributed by atoms with Crippen molar-refractivity contribution >= 4 is 34.9 Å². The molecule has 0 atom stereocenters. The molecular formula is C18H19Cl2N3O2. The molecule has 1 fully saturated rings. The van der Waals surface area contributed by atoms with Crippen LogP contribution in [0.2, 0.25) is 10.0 Å². The van der Waals surface area contributed by atoms with E-state index in [0.717, 1.165) is 17.8 Å². The van der Waals surface area contributed by atoms with E-state index in [2.05, 4.69) is 10.3 Å². The lowest BCUT2D eigenvalue weighted by Crippen LogP contribution is -2.40. The van der Waals surface area contributed by atoms with Gasteiger partial charge in [0.25, 0.3) is 5.91 Å². The van der Waals surface area contributed by atoms with Gasteiger partial charge in [-0.1, -0.05) is 29.3 Å². The molecule has 1 N–H and O–H groups in total. The van der Waals surface area contributed by atoms with Crippen LogP contribution in [0.4, 0.5) is 5.82 Å². The summed E-state index contributed by atoms with van der Waals surface area (Å²) in [6.07, 6.45) is 2.36. The number of morpholine rings is 1. The summed E-state index contributed by atoms with van der Waals surface area (Å²) in [6, 6.07) is 9.10. The molecule has 1 aromatic heterocycles. The summed E-state index contributed by atoms with van der Waals surface area (Å²) in [7, 11) is 0. The average molecular weight is 380 g/mol. The third-order valence-electron chi connectivity index (χ3n) is 4.02. The van der Waals surface area contributed by atoms with Crippen molar-refractivity contribution in [3.63, 3.8) is 0 Å². The van der Waals surface area contributed by atoms with Gasteiger partial charge in [0.15, 0.2) is 0 Å². The second kappa shape index (κ2) is 8.52. The first-order valence-corrected chi connectivity index (χ1v) is 8.90. The lowest BCUT2D eigenvalue weighted by Gasteiger charge is -2.26. The zero-order valence-electron chi connectivity index (χ0n) is 13.7. The largest absolute Gasteiger partial charge is 0.378 e. The van der Waals surface area contributed by atoms with E-state index in [-0.39, 0.29) is 5.91 Å². The molecule has 0 unspecified atom stereocenters. The van der Waals surface area contributed by atoms with Gasteiger partial charge in [-0.3, -0.25) is 4.79 Å². The molecule has 0 bridgehead atoms. The van der Waals surface area contributed by atoms with Crippen molar-refractivity contribution in [2.24, 2.45) is 0 Å². The minimum Gasteiger partial charge on any atom is -0.378 e. The number of carbonyl (C=O) groups excluding carboxylic acids is 1. The van der Waals surface area contributed by atoms with Crippen LogP contribution in [-0.2, 0) is 11.2 Å². The highest BCUT2D eigenvalue weighted by Gasteiger charge is 2.18. The summed E-state index contributed by atoms with van der Waals surface area (Å²) in [5.41, 5.74) is 1.62. The molecule has 1 aliphatic rings. The summed E-state index contributed by atoms with van der Waals surface area (Å²) in [5, 5.41) is 4.52. The highest BCUT2D eigenvalue weighted by atomic mass is 35.5. The van der Waals surface area contributed by atoms with Crippen LogP contribution in [0.25, 0.3) is 0 Å². The van der Waals surface area contributed by atoms with Crippen LogP contribution < -0.4 is 5.32 Å². The first kappa shape index (κ1) is 18.0. The van der Waals surface area contributed by atoms with Crippen LogP contribution >= 0.6 is 23.2 Å². The summed E-state index contributed by atoms with van der Waals surface area (Å²) >= 11 is 12.1. The molecule has 0 spiro atoms. The number of anilines is 1. The molecule has 0 aliphatic carbocycles. The first-order chi connectivity index (χ1) is 12.1. The standard InChI is InChI=1S/C18H19Cl2N3O2/c19-15-3-1-13(16(20)11-15)5-6-21-17-4-2-14(12-22-17)18(24)23-7-9-25-10-8-23/h1-4,11-12H,5-10H2,(H,21,22). The second-order valence-electron chi connectivity index (χ2n) is 5.75. The topological polar surface area (TPSA) is 54.5 Å². The Morgan fingerprint density at radius 3 is 2.68 bits per heavy atom. The van der Waals surface area contributed by atoms with E-state index in [4.69, 9.17) is 27.9 Å². The molecular weight excluding hydrogens is 361 g/mol. The van der Waals surface area contributed by atoms with Gasteiger partial charge in [-0.05, 0) is 36.2 Å². The minimum atomic E-state index is -0.00436. The highest BCUT2D eigenvalue weighted by molar-refractivity contribution is 6.35. The molecule has 1 saturated heterocycles. The van der Waals surface area contributed by atoms with Gasteiger partial charge in [0.05, 0.1) is 18.8 Å². The number of aromatic nitrogens is 1. The average Bonchev–Trinajstić information content (AvgIpc) is 2.64. The number of nitrogens with one attached hydrogen (secondary N) is 1. The maximum atomic E-state index is 12.4. The van der Waals surface area contributed by atoms with Crippen molar-refractivity contribution < 1.29 is 9.53 Å². The third kappa shape index (κ3) is 4.84. The normalized spacial score (nSPS) is 14.4. The first-order valence-electron chi connectivity index (χ1n) is 8.14. The number of ether oxygens (including phenoxy) is 1. The molecule has 5 nitrogen and oxygen atoms in total. The van der Waals surface area contributed by atoms with Crippen molar-refractivity contribution in [3.8, 4) is 0 Å². The van der Waals surface area contributed by atoms with Gasteiger partial charge in [0.2, 0.25) is 0 Å². The van der Waals surface area contributed by atoms with E-state index in [1.807, 2.05) is 18.2 Å². The molecule has 2 aromatic rings. The zero-order chi connectivity index (χ0) is 17.6. The Bertz CT molecular complexity index is 732. The molecule has 0 saturated carbocycles. The van der Waals surface area contributed by atoms with Crippen LogP contribution in [0.5, 0.6) is 0 Å². The molecule has 7 heteroatoms. The fraction of sp³-hybridized carbons (Fsp3) is 0.333. The van der Waals surface area contributed by atoms with E-state index < -0.39 is 0 Å². The Labute approximate surface area is 156 Å². The van der Waals surface area contributed by atoms with Gasteiger partial charge in [-0.2, -0.15) is 0 Å². The molecule has 1 aromatic carbocycles. The van der Waals surface area contributed by atoms with Crippen LogP contribution in [0.3, 0.4) is 0 Å². The zero-order valence-corrected chi connectivity index (χ0v) is 15.2. The van der Waals surface area contributed by atoms with Gasteiger partial charge in [-0.15, -0.1) is 0 Å². The number of rotatable bonds is 5. The Morgan fingerprint density at radius 1 is 1.20 bits per heavy atom. The molecule has 132 valence electrons. The Morgan fingerprint density at radius 2 is 2.00 bits per heavy atom. The lowest BCUT2D eigenvalue weighted by molar-refractivity contribution is 0.0302. The van der Waals surface area contributed by atoms with Gasteiger partial charge in [-0.25, -0.2) is 4.98 Å². The number of pyridine rings is 1. The van der Waals surface area contributed by atoms with Gasteiger partial charge < -0.3 is 15.0 Å². The number of hydrogen-bond acceptors (Lipinski definition) is 4. The summed E-state index contributed by atoms with van der Waals surface area (Å²) < 4.78 is 5.26. The summed E-state index contributed by atoms with van der Waals surface area (Å²) in [6.45, 7) is 3.12. The molecule has 0 radical (unpaired) electrons. The minimum absolute atomic E-state index is 0.00436. The quantitative estimate of drug-likeness (QED) is 0.863. The molecule has 3 rings (SSSR count). The van der Waals surface area contributed by atoms with Crippen molar-refractivity contribution in [3.05, 3.63) is 57.7 Å². The monoisotopic (exact) mass is 379 g/mol. The fourth-order valence-corrected chi connectivity index (χ4v) is 3.13. The van der Waals surface area contributed by atoms with Crippen molar-refractivity contribution in [2.45, 2.75) is 6.42 Å². The van der Waals surface area contributed by atoms with Gasteiger partial charge >= 0.3 is 0 Å². The highest BCUT2D eigenvalue weighted by Crippen LogP contribution is 2.21. The maximum absolute atomic E-state index is 12.4. The van der Waals surface area contributed by atoms with E-state index in [9.17, 15) is 4.79 Å². The van der Waals surface area contributed by atoms with Crippen molar-refractivity contribution in [2.75, 3.05) is 38.2 Å². The van der Waals surface area contributed by atoms with Crippen LogP contribution in [0.15, 0.2) is 36.5 Å². The van der Waals surface area contributed by atoms with Crippen LogP contribution in [0, 0.1) is 0 Å². The molecule has 1 aliphatic heterocycles. The lowest BCUT2D eigenvalue weighted by atomic mass is 10.1. The third-order valence-corrected chi connectivity index (χ3v) is 4.61. The molecule has 1 amide bonds. The fourth-order valence-electron chi connectivity index (χ4n) is 2.62. The van der Waals surface area contributed by atoms with E-state index in [1.54, 1.807) is 23.2 Å². The number of hydrogen-bond donors (Lipinski definition) is 1. The Kier molecular flexibility index (Phi) is 6.13. The SMILES string of the molecule is O=C(c1ccc(NCCc2ccc(Cl)cc2Cl)nc1)N1CCOCC1. The summed E-state index contributed by atoms with van der Waals surface area (Å²) in [4.78, 5) is 18.5. The number of halogens is 2. The van der Waals surface area contributed by atoms with E-state index in [0.29, 0.717) is 48.5 Å². The Balaban J connectivity index is 1.53. The maximum Gasteiger partial charge on any atom is 0.255 e. The van der Waals surface area contributed by atoms with Crippen LogP contribution in [0.1, 0.15) is 15.9 Å². The van der Waals surface area contributed by atoms with E-state index >= 15 is 0 Å².